The molecule has 0 saturated heterocycles. The molecule has 0 aromatic heterocycles. The van der Waals surface area contributed by atoms with Crippen LogP contribution in [0.3, 0.4) is 0 Å². The van der Waals surface area contributed by atoms with E-state index >= 15 is 0 Å². The molecule has 1 unspecified atom stereocenters. The standard InChI is InChI=1S/C27H32N4O6/c1-18-23(26(32)33)25(20-9-7-12-22(17-20)31(35)36)24(19(2)29-18)27(34)37-16-8-14-30(3)15-13-28-21-10-5-4-6-11-21/h4-7,9-12,17,25,28-29H,8,13-16H2,1-3H3,(H,32,33). The first kappa shape index (κ1) is 27.4. The van der Waals surface area contributed by atoms with Gasteiger partial charge in [-0.2, -0.15) is 0 Å². The molecule has 1 heterocycles. The van der Waals surface area contributed by atoms with Gasteiger partial charge in [0, 0.05) is 48.8 Å². The van der Waals surface area contributed by atoms with Crippen molar-refractivity contribution >= 4 is 23.3 Å². The van der Waals surface area contributed by atoms with E-state index in [-0.39, 0.29) is 23.4 Å². The zero-order chi connectivity index (χ0) is 26.9. The number of nitrogens with zero attached hydrogens (tertiary/aromatic N) is 2. The number of likely N-dealkylation sites (N-methyl/N-ethyl adjacent to an activating group) is 1. The van der Waals surface area contributed by atoms with Gasteiger partial charge in [-0.1, -0.05) is 30.3 Å². The fourth-order valence-corrected chi connectivity index (χ4v) is 4.34. The van der Waals surface area contributed by atoms with Gasteiger partial charge in [-0.15, -0.1) is 0 Å². The van der Waals surface area contributed by atoms with E-state index < -0.39 is 22.8 Å². The number of carboxylic acids is 1. The summed E-state index contributed by atoms with van der Waals surface area (Å²) in [5.74, 6) is -2.87. The lowest BCUT2D eigenvalue weighted by atomic mass is 9.80. The molecule has 3 rings (SSSR count). The van der Waals surface area contributed by atoms with Gasteiger partial charge in [-0.25, -0.2) is 9.59 Å². The molecule has 1 aliphatic rings. The minimum atomic E-state index is -1.22. The number of ether oxygens (including phenoxy) is 1. The number of rotatable bonds is 12. The van der Waals surface area contributed by atoms with E-state index in [1.54, 1.807) is 19.9 Å². The molecule has 2 aromatic rings. The Balaban J connectivity index is 1.64. The lowest BCUT2D eigenvalue weighted by Crippen LogP contribution is -2.32. The van der Waals surface area contributed by atoms with E-state index in [1.807, 2.05) is 37.4 Å². The van der Waals surface area contributed by atoms with Crippen LogP contribution >= 0.6 is 0 Å². The molecule has 10 nitrogen and oxygen atoms in total. The summed E-state index contributed by atoms with van der Waals surface area (Å²) < 4.78 is 5.54. The largest absolute Gasteiger partial charge is 0.478 e. The molecule has 10 heteroatoms. The Kier molecular flexibility index (Phi) is 9.39. The summed E-state index contributed by atoms with van der Waals surface area (Å²) in [5, 5.41) is 27.5. The van der Waals surface area contributed by atoms with Crippen LogP contribution in [-0.4, -0.2) is 60.2 Å². The van der Waals surface area contributed by atoms with Crippen LogP contribution in [0.5, 0.6) is 0 Å². The number of carbonyl (C=O) groups excluding carboxylic acids is 1. The molecule has 1 atom stereocenters. The Hall–Kier alpha value is -4.18. The number of aliphatic carboxylic acids is 1. The number of allylic oxidation sites excluding steroid dienone is 2. The number of carboxylic acid groups (broad SMARTS) is 1. The fourth-order valence-electron chi connectivity index (χ4n) is 4.34. The summed E-state index contributed by atoms with van der Waals surface area (Å²) in [7, 11) is 1.98. The first-order valence-corrected chi connectivity index (χ1v) is 12.0. The highest BCUT2D eigenvalue weighted by molar-refractivity contribution is 5.99. The van der Waals surface area contributed by atoms with Crippen LogP contribution in [-0.2, 0) is 14.3 Å². The highest BCUT2D eigenvalue weighted by Gasteiger charge is 2.37. The van der Waals surface area contributed by atoms with Crippen molar-refractivity contribution in [2.45, 2.75) is 26.2 Å². The van der Waals surface area contributed by atoms with Crippen molar-refractivity contribution in [3.05, 3.63) is 92.8 Å². The van der Waals surface area contributed by atoms with Crippen LogP contribution in [0, 0.1) is 10.1 Å². The van der Waals surface area contributed by atoms with Gasteiger partial charge in [0.1, 0.15) is 0 Å². The third kappa shape index (κ3) is 7.17. The quantitative estimate of drug-likeness (QED) is 0.169. The molecule has 3 N–H and O–H groups in total. The summed E-state index contributed by atoms with van der Waals surface area (Å²) >= 11 is 0. The zero-order valence-corrected chi connectivity index (χ0v) is 21.2. The van der Waals surface area contributed by atoms with Gasteiger partial charge < -0.3 is 25.4 Å². The first-order chi connectivity index (χ1) is 17.7. The van der Waals surface area contributed by atoms with Crippen molar-refractivity contribution in [2.24, 2.45) is 0 Å². The molecule has 196 valence electrons. The average Bonchev–Trinajstić information content (AvgIpc) is 2.86. The maximum atomic E-state index is 13.2. The Labute approximate surface area is 215 Å². The molecule has 0 radical (unpaired) electrons. The molecule has 0 fully saturated rings. The lowest BCUT2D eigenvalue weighted by Gasteiger charge is -2.29. The van der Waals surface area contributed by atoms with E-state index in [4.69, 9.17) is 4.74 Å². The fraction of sp³-hybridized carbons (Fsp3) is 0.333. The average molecular weight is 509 g/mol. The Morgan fingerprint density at radius 1 is 1.08 bits per heavy atom. The molecule has 0 aliphatic carbocycles. The van der Waals surface area contributed by atoms with E-state index in [1.165, 1.54) is 18.2 Å². The molecule has 0 saturated carbocycles. The van der Waals surface area contributed by atoms with Crippen molar-refractivity contribution in [1.29, 1.82) is 0 Å². The van der Waals surface area contributed by atoms with Gasteiger partial charge in [0.05, 0.1) is 28.6 Å². The predicted octanol–water partition coefficient (Wildman–Crippen LogP) is 3.89. The van der Waals surface area contributed by atoms with E-state index in [0.717, 1.165) is 18.8 Å². The van der Waals surface area contributed by atoms with Crippen LogP contribution in [0.4, 0.5) is 11.4 Å². The van der Waals surface area contributed by atoms with Crippen LogP contribution in [0.2, 0.25) is 0 Å². The van der Waals surface area contributed by atoms with Gasteiger partial charge in [-0.05, 0) is 45.0 Å². The molecule has 37 heavy (non-hydrogen) atoms. The predicted molar refractivity (Wildman–Crippen MR) is 140 cm³/mol. The summed E-state index contributed by atoms with van der Waals surface area (Å²) in [6, 6.07) is 15.6. The number of esters is 1. The number of para-hydroxylation sites is 1. The third-order valence-electron chi connectivity index (χ3n) is 6.14. The number of nitrogens with one attached hydrogen (secondary N) is 2. The minimum Gasteiger partial charge on any atom is -0.478 e. The summed E-state index contributed by atoms with van der Waals surface area (Å²) in [4.78, 5) is 38.2. The molecule has 2 aromatic carbocycles. The molecule has 1 aliphatic heterocycles. The molecular weight excluding hydrogens is 476 g/mol. The highest BCUT2D eigenvalue weighted by atomic mass is 16.6. The van der Waals surface area contributed by atoms with E-state index in [2.05, 4.69) is 15.5 Å². The molecular formula is C27H32N4O6. The molecule has 0 bridgehead atoms. The number of non-ortho nitro benzene ring substituents is 1. The lowest BCUT2D eigenvalue weighted by molar-refractivity contribution is -0.384. The van der Waals surface area contributed by atoms with Crippen LogP contribution in [0.15, 0.2) is 77.1 Å². The maximum Gasteiger partial charge on any atom is 0.336 e. The van der Waals surface area contributed by atoms with Gasteiger partial charge in [-0.3, -0.25) is 10.1 Å². The van der Waals surface area contributed by atoms with Crippen molar-refractivity contribution in [1.82, 2.24) is 10.2 Å². The van der Waals surface area contributed by atoms with Gasteiger partial charge in [0.15, 0.2) is 0 Å². The smallest absolute Gasteiger partial charge is 0.336 e. The van der Waals surface area contributed by atoms with Crippen molar-refractivity contribution in [3.8, 4) is 0 Å². The monoisotopic (exact) mass is 508 g/mol. The molecule has 0 spiro atoms. The zero-order valence-electron chi connectivity index (χ0n) is 21.2. The number of hydrogen-bond acceptors (Lipinski definition) is 8. The van der Waals surface area contributed by atoms with Crippen molar-refractivity contribution < 1.29 is 24.4 Å². The third-order valence-corrected chi connectivity index (χ3v) is 6.14. The van der Waals surface area contributed by atoms with Crippen molar-refractivity contribution in [3.63, 3.8) is 0 Å². The summed E-state index contributed by atoms with van der Waals surface area (Å²) in [6.45, 7) is 5.69. The second-order valence-corrected chi connectivity index (χ2v) is 8.88. The number of hydrogen-bond donors (Lipinski definition) is 3. The highest BCUT2D eigenvalue weighted by Crippen LogP contribution is 2.39. The van der Waals surface area contributed by atoms with E-state index in [9.17, 15) is 24.8 Å². The normalized spacial score (nSPS) is 15.4. The number of nitro groups is 1. The van der Waals surface area contributed by atoms with Gasteiger partial charge in [0.25, 0.3) is 5.69 Å². The first-order valence-electron chi connectivity index (χ1n) is 12.0. The number of dihydropyridines is 1. The number of carbonyl (C=O) groups is 2. The van der Waals surface area contributed by atoms with Gasteiger partial charge in [0.2, 0.25) is 0 Å². The minimum absolute atomic E-state index is 0.0521. The second kappa shape index (κ2) is 12.7. The van der Waals surface area contributed by atoms with Crippen LogP contribution < -0.4 is 10.6 Å². The number of anilines is 1. The number of nitro benzene ring substituents is 1. The maximum absolute atomic E-state index is 13.2. The topological polar surface area (TPSA) is 134 Å². The van der Waals surface area contributed by atoms with E-state index in [0.29, 0.717) is 29.9 Å². The number of benzene rings is 2. The Morgan fingerprint density at radius 3 is 2.46 bits per heavy atom. The van der Waals surface area contributed by atoms with Crippen LogP contribution in [0.1, 0.15) is 31.7 Å². The van der Waals surface area contributed by atoms with Crippen LogP contribution in [0.25, 0.3) is 0 Å². The van der Waals surface area contributed by atoms with Crippen molar-refractivity contribution in [2.75, 3.05) is 38.6 Å². The summed E-state index contributed by atoms with van der Waals surface area (Å²) in [5.41, 5.74) is 2.10. The molecule has 0 amide bonds. The Morgan fingerprint density at radius 2 is 1.78 bits per heavy atom. The van der Waals surface area contributed by atoms with Gasteiger partial charge >= 0.3 is 11.9 Å². The summed E-state index contributed by atoms with van der Waals surface area (Å²) in [6.07, 6.45) is 0.593. The SMILES string of the molecule is CC1=C(C(=O)O)C(c2cccc([N+](=O)[O-])c2)C(C(=O)OCCCN(C)CCNc2ccccc2)=C(C)N1. The second-order valence-electron chi connectivity index (χ2n) is 8.88. The Bertz CT molecular complexity index is 1210.